The van der Waals surface area contributed by atoms with Gasteiger partial charge in [0.05, 0.1) is 18.0 Å². The van der Waals surface area contributed by atoms with Gasteiger partial charge in [-0.1, -0.05) is 12.1 Å². The summed E-state index contributed by atoms with van der Waals surface area (Å²) >= 11 is 0. The van der Waals surface area contributed by atoms with E-state index in [1.165, 1.54) is 5.69 Å². The second-order valence-electron chi connectivity index (χ2n) is 8.63. The number of hydrogen-bond donors (Lipinski definition) is 2. The molecule has 2 aromatic carbocycles. The summed E-state index contributed by atoms with van der Waals surface area (Å²) in [4.78, 5) is 23.4. The Morgan fingerprint density at radius 3 is 2.53 bits per heavy atom. The molecule has 4 aromatic rings. The number of benzene rings is 2. The van der Waals surface area contributed by atoms with Crippen LogP contribution in [-0.4, -0.2) is 35.5 Å². The van der Waals surface area contributed by atoms with Crippen LogP contribution in [-0.2, 0) is 0 Å². The van der Waals surface area contributed by atoms with E-state index >= 15 is 0 Å². The van der Waals surface area contributed by atoms with E-state index in [2.05, 4.69) is 43.7 Å². The first-order valence-electron chi connectivity index (χ1n) is 11.9. The summed E-state index contributed by atoms with van der Waals surface area (Å²) in [6, 6.07) is 23.2. The molecule has 1 fully saturated rings. The highest BCUT2D eigenvalue weighted by Gasteiger charge is 2.22. The van der Waals surface area contributed by atoms with E-state index in [0.717, 1.165) is 48.6 Å². The maximum absolute atomic E-state index is 12.0. The maximum atomic E-state index is 12.0. The average molecular weight is 479 g/mol. The summed E-state index contributed by atoms with van der Waals surface area (Å²) in [6.07, 6.45) is 5.62. The number of amides is 1. The van der Waals surface area contributed by atoms with Crippen LogP contribution in [0.3, 0.4) is 0 Å². The van der Waals surface area contributed by atoms with Gasteiger partial charge in [-0.05, 0) is 67.4 Å². The van der Waals surface area contributed by atoms with Gasteiger partial charge < -0.3 is 20.0 Å². The van der Waals surface area contributed by atoms with Gasteiger partial charge in [-0.25, -0.2) is 9.97 Å². The van der Waals surface area contributed by atoms with Crippen molar-refractivity contribution in [3.63, 3.8) is 0 Å². The molecule has 1 aliphatic rings. The van der Waals surface area contributed by atoms with Crippen LogP contribution >= 0.6 is 0 Å². The summed E-state index contributed by atoms with van der Waals surface area (Å²) in [7, 11) is 0. The third kappa shape index (κ3) is 5.36. The molecule has 5 rings (SSSR count). The Balaban J connectivity index is 1.20. The molecule has 180 valence electrons. The van der Waals surface area contributed by atoms with Crippen LogP contribution in [0, 0.1) is 11.3 Å². The smallest absolute Gasteiger partial charge is 0.252 e. The van der Waals surface area contributed by atoms with E-state index in [-0.39, 0.29) is 12.5 Å². The fourth-order valence-electron chi connectivity index (χ4n) is 4.42. The summed E-state index contributed by atoms with van der Waals surface area (Å²) in [6.45, 7) is 1.98. The molecule has 3 heterocycles. The SMILES string of the molecule is N#CCNC(=O)c1ccc(-c2ccnc(Nc3ccc(N4CCC(c5ccco5)CC4)cc3)n2)cc1. The molecule has 0 aliphatic carbocycles. The standard InChI is InChI=1S/C28H26N6O2/c29-14-16-30-27(35)22-5-3-20(4-6-22)25-11-15-31-28(33-25)32-23-7-9-24(10-8-23)34-17-12-21(13-18-34)26-2-1-19-36-26/h1-11,15,19,21H,12-13,16-18H2,(H,30,35)(H,31,32,33). The molecule has 0 bridgehead atoms. The van der Waals surface area contributed by atoms with Gasteiger partial charge in [0.15, 0.2) is 0 Å². The predicted molar refractivity (Wildman–Crippen MR) is 138 cm³/mol. The van der Waals surface area contributed by atoms with E-state index < -0.39 is 0 Å². The van der Waals surface area contributed by atoms with Gasteiger partial charge in [0.1, 0.15) is 12.3 Å². The number of rotatable bonds is 7. The lowest BCUT2D eigenvalue weighted by molar-refractivity contribution is 0.0958. The third-order valence-electron chi connectivity index (χ3n) is 6.36. The molecular formula is C28H26N6O2. The second kappa shape index (κ2) is 10.7. The summed E-state index contributed by atoms with van der Waals surface area (Å²) in [5.41, 5.74) is 4.21. The van der Waals surface area contributed by atoms with Gasteiger partial charge >= 0.3 is 0 Å². The van der Waals surface area contributed by atoms with E-state index in [1.54, 1.807) is 24.6 Å². The van der Waals surface area contributed by atoms with Crippen molar-refractivity contribution in [2.45, 2.75) is 18.8 Å². The first-order chi connectivity index (χ1) is 17.7. The van der Waals surface area contributed by atoms with Gasteiger partial charge in [0.25, 0.3) is 5.91 Å². The number of nitrogens with zero attached hydrogens (tertiary/aromatic N) is 4. The number of aromatic nitrogens is 2. The number of furan rings is 1. The van der Waals surface area contributed by atoms with Crippen molar-refractivity contribution in [1.29, 1.82) is 5.26 Å². The number of nitriles is 1. The predicted octanol–water partition coefficient (Wildman–Crippen LogP) is 5.12. The van der Waals surface area contributed by atoms with Crippen molar-refractivity contribution in [1.82, 2.24) is 15.3 Å². The summed E-state index contributed by atoms with van der Waals surface area (Å²) in [5, 5.41) is 14.4. The molecule has 2 aromatic heterocycles. The van der Waals surface area contributed by atoms with Crippen LogP contribution in [0.15, 0.2) is 83.6 Å². The first kappa shape index (κ1) is 23.1. The minimum Gasteiger partial charge on any atom is -0.469 e. The second-order valence-corrected chi connectivity index (χ2v) is 8.63. The Morgan fingerprint density at radius 2 is 1.83 bits per heavy atom. The number of carbonyl (C=O) groups is 1. The molecule has 1 saturated heterocycles. The number of hydrogen-bond acceptors (Lipinski definition) is 7. The highest BCUT2D eigenvalue weighted by atomic mass is 16.3. The fourth-order valence-corrected chi connectivity index (χ4v) is 4.42. The van der Waals surface area contributed by atoms with Crippen molar-refractivity contribution in [3.05, 3.63) is 90.5 Å². The van der Waals surface area contributed by atoms with E-state index in [0.29, 0.717) is 17.4 Å². The monoisotopic (exact) mass is 478 g/mol. The normalized spacial score (nSPS) is 13.7. The number of carbonyl (C=O) groups excluding carboxylic acids is 1. The topological polar surface area (TPSA) is 107 Å². The molecule has 2 N–H and O–H groups in total. The molecule has 8 nitrogen and oxygen atoms in total. The minimum atomic E-state index is -0.279. The summed E-state index contributed by atoms with van der Waals surface area (Å²) in [5.74, 6) is 1.81. The lowest BCUT2D eigenvalue weighted by Crippen LogP contribution is -2.32. The lowest BCUT2D eigenvalue weighted by atomic mass is 9.94. The molecule has 0 atom stereocenters. The molecule has 0 radical (unpaired) electrons. The zero-order chi connectivity index (χ0) is 24.7. The molecular weight excluding hydrogens is 452 g/mol. The Labute approximate surface area is 209 Å². The first-order valence-corrected chi connectivity index (χ1v) is 11.9. The Kier molecular flexibility index (Phi) is 6.90. The number of anilines is 3. The van der Waals surface area contributed by atoms with E-state index in [4.69, 9.17) is 9.68 Å². The molecule has 0 saturated carbocycles. The highest BCUT2D eigenvalue weighted by Crippen LogP contribution is 2.31. The van der Waals surface area contributed by atoms with Gasteiger partial charge in [-0.15, -0.1) is 0 Å². The highest BCUT2D eigenvalue weighted by molar-refractivity contribution is 5.94. The van der Waals surface area contributed by atoms with Crippen molar-refractivity contribution >= 4 is 23.2 Å². The molecule has 8 heteroatoms. The van der Waals surface area contributed by atoms with Gasteiger partial charge in [-0.2, -0.15) is 5.26 Å². The zero-order valence-electron chi connectivity index (χ0n) is 19.7. The van der Waals surface area contributed by atoms with Gasteiger partial charge in [-0.3, -0.25) is 4.79 Å². The Morgan fingerprint density at radius 1 is 1.06 bits per heavy atom. The van der Waals surface area contributed by atoms with Crippen molar-refractivity contribution in [3.8, 4) is 17.3 Å². The van der Waals surface area contributed by atoms with Crippen molar-refractivity contribution < 1.29 is 9.21 Å². The molecule has 36 heavy (non-hydrogen) atoms. The van der Waals surface area contributed by atoms with Crippen molar-refractivity contribution in [2.24, 2.45) is 0 Å². The van der Waals surface area contributed by atoms with Crippen LogP contribution in [0.4, 0.5) is 17.3 Å². The van der Waals surface area contributed by atoms with Crippen LogP contribution in [0.1, 0.15) is 34.9 Å². The largest absolute Gasteiger partial charge is 0.469 e. The number of nitrogens with one attached hydrogen (secondary N) is 2. The van der Waals surface area contributed by atoms with Crippen LogP contribution in [0.5, 0.6) is 0 Å². The Bertz CT molecular complexity index is 1340. The van der Waals surface area contributed by atoms with Gasteiger partial charge in [0, 0.05) is 47.7 Å². The van der Waals surface area contributed by atoms with Crippen molar-refractivity contribution in [2.75, 3.05) is 29.9 Å². The third-order valence-corrected chi connectivity index (χ3v) is 6.36. The number of piperidine rings is 1. The van der Waals surface area contributed by atoms with Crippen LogP contribution < -0.4 is 15.5 Å². The van der Waals surface area contributed by atoms with E-state index in [9.17, 15) is 4.79 Å². The van der Waals surface area contributed by atoms with E-state index in [1.807, 2.05) is 42.5 Å². The fraction of sp³-hybridized carbons (Fsp3) is 0.214. The van der Waals surface area contributed by atoms with Crippen LogP contribution in [0.2, 0.25) is 0 Å². The maximum Gasteiger partial charge on any atom is 0.252 e. The Hall–Kier alpha value is -4.64. The molecule has 1 aliphatic heterocycles. The zero-order valence-corrected chi connectivity index (χ0v) is 19.7. The quantitative estimate of drug-likeness (QED) is 0.355. The average Bonchev–Trinajstić information content (AvgIpc) is 3.48. The lowest BCUT2D eigenvalue weighted by Gasteiger charge is -2.33. The van der Waals surface area contributed by atoms with Gasteiger partial charge in [0.2, 0.25) is 5.95 Å². The van der Waals surface area contributed by atoms with Crippen LogP contribution in [0.25, 0.3) is 11.3 Å². The molecule has 0 spiro atoms. The molecule has 0 unspecified atom stereocenters. The summed E-state index contributed by atoms with van der Waals surface area (Å²) < 4.78 is 5.59. The minimum absolute atomic E-state index is 0.0210. The molecule has 1 amide bonds.